The van der Waals surface area contributed by atoms with Gasteiger partial charge in [0, 0.05) is 18.4 Å². The summed E-state index contributed by atoms with van der Waals surface area (Å²) in [5, 5.41) is 11.9. The minimum atomic E-state index is -0.641. The van der Waals surface area contributed by atoms with E-state index in [4.69, 9.17) is 10.00 Å². The van der Waals surface area contributed by atoms with Crippen molar-refractivity contribution in [1.29, 1.82) is 5.26 Å². The fraction of sp³-hybridized carbons (Fsp3) is 0.312. The molecule has 0 saturated carbocycles. The second kappa shape index (κ2) is 7.27. The summed E-state index contributed by atoms with van der Waals surface area (Å²) in [6.07, 6.45) is 1.34. The molecule has 0 unspecified atom stereocenters. The molecular formula is C16H18N4O2. The number of carbonyl (C=O) groups excluding carboxylic acids is 1. The molecule has 1 aromatic rings. The molecule has 0 spiro atoms. The first-order chi connectivity index (χ1) is 10.7. The van der Waals surface area contributed by atoms with E-state index in [2.05, 4.69) is 10.3 Å². The van der Waals surface area contributed by atoms with Gasteiger partial charge in [-0.3, -0.25) is 4.99 Å². The molecule has 1 N–H and O–H groups in total. The zero-order chi connectivity index (χ0) is 15.9. The van der Waals surface area contributed by atoms with E-state index >= 15 is 0 Å². The number of nitrogens with one attached hydrogen (secondary N) is 1. The summed E-state index contributed by atoms with van der Waals surface area (Å²) in [6, 6.07) is 9.90. The number of carbonyl (C=O) groups is 1. The number of anilines is 1. The molecule has 0 saturated heterocycles. The zero-order valence-electron chi connectivity index (χ0n) is 12.7. The number of guanidine groups is 1. The molecule has 1 aromatic carbocycles. The van der Waals surface area contributed by atoms with E-state index in [1.807, 2.05) is 42.2 Å². The van der Waals surface area contributed by atoms with Crippen LogP contribution >= 0.6 is 0 Å². The van der Waals surface area contributed by atoms with Crippen molar-refractivity contribution in [2.75, 3.05) is 24.6 Å². The molecule has 1 aliphatic rings. The van der Waals surface area contributed by atoms with Gasteiger partial charge in [0.25, 0.3) is 0 Å². The molecule has 2 rings (SSSR count). The van der Waals surface area contributed by atoms with Gasteiger partial charge >= 0.3 is 5.97 Å². The summed E-state index contributed by atoms with van der Waals surface area (Å²) in [7, 11) is 0. The number of ether oxygens (including phenoxy) is 1. The molecule has 6 heteroatoms. The Morgan fingerprint density at radius 3 is 2.86 bits per heavy atom. The molecule has 0 fully saturated rings. The molecule has 0 bridgehead atoms. The first-order valence-corrected chi connectivity index (χ1v) is 7.08. The maximum atomic E-state index is 11.6. The van der Waals surface area contributed by atoms with Crippen LogP contribution in [0.3, 0.4) is 0 Å². The van der Waals surface area contributed by atoms with Crippen LogP contribution in [0.2, 0.25) is 0 Å². The predicted octanol–water partition coefficient (Wildman–Crippen LogP) is 1.73. The average molecular weight is 298 g/mol. The lowest BCUT2D eigenvalue weighted by Gasteiger charge is -2.20. The third-order valence-electron chi connectivity index (χ3n) is 3.15. The van der Waals surface area contributed by atoms with Gasteiger partial charge in [-0.2, -0.15) is 5.26 Å². The molecule has 6 nitrogen and oxygen atoms in total. The smallest absolute Gasteiger partial charge is 0.350 e. The van der Waals surface area contributed by atoms with E-state index in [0.29, 0.717) is 12.5 Å². The summed E-state index contributed by atoms with van der Waals surface area (Å²) < 4.78 is 4.81. The van der Waals surface area contributed by atoms with E-state index in [9.17, 15) is 4.79 Å². The third-order valence-corrected chi connectivity index (χ3v) is 3.15. The summed E-state index contributed by atoms with van der Waals surface area (Å²) >= 11 is 0. The molecule has 0 amide bonds. The molecule has 1 heterocycles. The van der Waals surface area contributed by atoms with Crippen molar-refractivity contribution in [3.8, 4) is 6.07 Å². The predicted molar refractivity (Wildman–Crippen MR) is 84.3 cm³/mol. The van der Waals surface area contributed by atoms with Crippen molar-refractivity contribution >= 4 is 17.6 Å². The Labute approximate surface area is 129 Å². The fourth-order valence-corrected chi connectivity index (χ4v) is 2.03. The standard InChI is InChI=1S/C16H18N4O2/c1-3-22-15(21)13(10-17)11-19-16-18-8-9-20(16)14-6-4-12(2)5-7-14/h4-7,11H,3,8-9H2,1-2H3,(H,18,19). The number of esters is 1. The van der Waals surface area contributed by atoms with Gasteiger partial charge in [-0.15, -0.1) is 0 Å². The van der Waals surface area contributed by atoms with Crippen molar-refractivity contribution < 1.29 is 9.53 Å². The zero-order valence-corrected chi connectivity index (χ0v) is 12.7. The molecule has 1 aliphatic heterocycles. The SMILES string of the molecule is CCOC(=O)C(C#N)=CNC1=NCCN1c1ccc(C)cc1. The van der Waals surface area contributed by atoms with Gasteiger partial charge < -0.3 is 15.0 Å². The van der Waals surface area contributed by atoms with Crippen LogP contribution in [0.5, 0.6) is 0 Å². The largest absolute Gasteiger partial charge is 0.462 e. The molecular weight excluding hydrogens is 280 g/mol. The normalized spacial score (nSPS) is 14.3. The lowest BCUT2D eigenvalue weighted by atomic mass is 10.2. The van der Waals surface area contributed by atoms with E-state index in [-0.39, 0.29) is 12.2 Å². The van der Waals surface area contributed by atoms with Gasteiger partial charge in [-0.05, 0) is 26.0 Å². The number of nitrogens with zero attached hydrogens (tertiary/aromatic N) is 3. The average Bonchev–Trinajstić information content (AvgIpc) is 2.97. The van der Waals surface area contributed by atoms with E-state index in [1.54, 1.807) is 6.92 Å². The third kappa shape index (κ3) is 3.64. The Morgan fingerprint density at radius 2 is 2.23 bits per heavy atom. The number of hydrogen-bond acceptors (Lipinski definition) is 6. The quantitative estimate of drug-likeness (QED) is 0.520. The lowest BCUT2D eigenvalue weighted by Crippen LogP contribution is -2.36. The Morgan fingerprint density at radius 1 is 1.50 bits per heavy atom. The summed E-state index contributed by atoms with van der Waals surface area (Å²) in [6.45, 7) is 5.36. The van der Waals surface area contributed by atoms with Crippen molar-refractivity contribution in [3.63, 3.8) is 0 Å². The monoisotopic (exact) mass is 298 g/mol. The number of aliphatic imine (C=N–C) groups is 1. The summed E-state index contributed by atoms with van der Waals surface area (Å²) in [5.74, 6) is -0.0288. The van der Waals surface area contributed by atoms with E-state index in [1.165, 1.54) is 11.8 Å². The van der Waals surface area contributed by atoms with Crippen LogP contribution in [-0.2, 0) is 9.53 Å². The second-order valence-electron chi connectivity index (χ2n) is 4.73. The van der Waals surface area contributed by atoms with Gasteiger partial charge in [0.05, 0.1) is 13.2 Å². The number of nitriles is 1. The molecule has 0 aromatic heterocycles. The van der Waals surface area contributed by atoms with E-state index in [0.717, 1.165) is 12.2 Å². The number of rotatable bonds is 4. The Hall–Kier alpha value is -2.81. The van der Waals surface area contributed by atoms with Crippen molar-refractivity contribution in [3.05, 3.63) is 41.6 Å². The Balaban J connectivity index is 2.10. The van der Waals surface area contributed by atoms with Crippen molar-refractivity contribution in [2.45, 2.75) is 13.8 Å². The highest BCUT2D eigenvalue weighted by Gasteiger charge is 2.18. The van der Waals surface area contributed by atoms with Gasteiger partial charge in [-0.25, -0.2) is 4.79 Å². The maximum Gasteiger partial charge on any atom is 0.350 e. The minimum absolute atomic E-state index is 0.0830. The van der Waals surface area contributed by atoms with Crippen LogP contribution in [0.1, 0.15) is 12.5 Å². The van der Waals surface area contributed by atoms with Crippen molar-refractivity contribution in [2.24, 2.45) is 4.99 Å². The van der Waals surface area contributed by atoms with Gasteiger partial charge in [0.2, 0.25) is 5.96 Å². The maximum absolute atomic E-state index is 11.6. The van der Waals surface area contributed by atoms with Crippen LogP contribution in [0, 0.1) is 18.3 Å². The van der Waals surface area contributed by atoms with E-state index < -0.39 is 5.97 Å². The minimum Gasteiger partial charge on any atom is -0.462 e. The van der Waals surface area contributed by atoms with Crippen LogP contribution in [0.4, 0.5) is 5.69 Å². The van der Waals surface area contributed by atoms with Crippen LogP contribution in [0.15, 0.2) is 41.0 Å². The summed E-state index contributed by atoms with van der Waals surface area (Å²) in [4.78, 5) is 17.9. The van der Waals surface area contributed by atoms with Gasteiger partial charge in [-0.1, -0.05) is 17.7 Å². The first-order valence-electron chi connectivity index (χ1n) is 7.08. The van der Waals surface area contributed by atoms with Gasteiger partial charge in [0.1, 0.15) is 6.07 Å². The van der Waals surface area contributed by atoms with Crippen LogP contribution in [0.25, 0.3) is 0 Å². The molecule has 0 radical (unpaired) electrons. The molecule has 0 atom stereocenters. The highest BCUT2D eigenvalue weighted by Crippen LogP contribution is 2.17. The molecule has 22 heavy (non-hydrogen) atoms. The highest BCUT2D eigenvalue weighted by molar-refractivity contribution is 5.99. The van der Waals surface area contributed by atoms with Crippen LogP contribution in [-0.4, -0.2) is 31.6 Å². The topological polar surface area (TPSA) is 77.7 Å². The number of benzene rings is 1. The Bertz CT molecular complexity index is 641. The number of hydrogen-bond donors (Lipinski definition) is 1. The highest BCUT2D eigenvalue weighted by atomic mass is 16.5. The summed E-state index contributed by atoms with van der Waals surface area (Å²) in [5.41, 5.74) is 2.11. The molecule has 114 valence electrons. The van der Waals surface area contributed by atoms with Gasteiger partial charge in [0.15, 0.2) is 5.57 Å². The van der Waals surface area contributed by atoms with Crippen molar-refractivity contribution in [1.82, 2.24) is 5.32 Å². The fourth-order valence-electron chi connectivity index (χ4n) is 2.03. The number of aryl methyl sites for hydroxylation is 1. The second-order valence-corrected chi connectivity index (χ2v) is 4.73. The first kappa shape index (κ1) is 15.6. The Kier molecular flexibility index (Phi) is 5.15. The molecule has 0 aliphatic carbocycles. The van der Waals surface area contributed by atoms with Crippen LogP contribution < -0.4 is 10.2 Å². The lowest BCUT2D eigenvalue weighted by molar-refractivity contribution is -0.138.